The zero-order chi connectivity index (χ0) is 21.4. The van der Waals surface area contributed by atoms with E-state index in [1.54, 1.807) is 0 Å². The fourth-order valence-electron chi connectivity index (χ4n) is 8.42. The lowest BCUT2D eigenvalue weighted by Gasteiger charge is -2.60. The largest absolute Gasteiger partial charge is 0.393 e. The van der Waals surface area contributed by atoms with Crippen molar-refractivity contribution in [1.82, 2.24) is 9.78 Å². The number of hydrogen-bond acceptors (Lipinski definition) is 3. The van der Waals surface area contributed by atoms with E-state index in [0.717, 1.165) is 43.2 Å². The van der Waals surface area contributed by atoms with Crippen molar-refractivity contribution in [2.75, 3.05) is 0 Å². The Labute approximate surface area is 181 Å². The summed E-state index contributed by atoms with van der Waals surface area (Å²) in [4.78, 5) is 0. The first-order valence-corrected chi connectivity index (χ1v) is 12.2. The maximum Gasteiger partial charge on any atom is 0.0809 e. The minimum atomic E-state index is -0.332. The summed E-state index contributed by atoms with van der Waals surface area (Å²) in [5.41, 5.74) is 5.06. The summed E-state index contributed by atoms with van der Waals surface area (Å²) in [6.45, 7) is 9.10. The van der Waals surface area contributed by atoms with Crippen molar-refractivity contribution in [1.29, 1.82) is 0 Å². The lowest BCUT2D eigenvalue weighted by atomic mass is 9.45. The van der Waals surface area contributed by atoms with Crippen LogP contribution in [-0.2, 0) is 7.05 Å². The molecule has 0 aromatic carbocycles. The molecule has 0 bridgehead atoms. The van der Waals surface area contributed by atoms with Gasteiger partial charge in [0.25, 0.3) is 0 Å². The van der Waals surface area contributed by atoms with Gasteiger partial charge in [0, 0.05) is 23.7 Å². The van der Waals surface area contributed by atoms with Crippen LogP contribution >= 0.6 is 0 Å². The summed E-state index contributed by atoms with van der Waals surface area (Å²) in [6.07, 6.45) is 11.0. The molecule has 0 radical (unpaired) electrons. The molecule has 30 heavy (non-hydrogen) atoms. The highest BCUT2D eigenvalue weighted by Crippen LogP contribution is 2.67. The van der Waals surface area contributed by atoms with Crippen LogP contribution in [0.5, 0.6) is 0 Å². The normalized spacial score (nSPS) is 47.1. The molecular formula is C26H40N2O2. The van der Waals surface area contributed by atoms with Gasteiger partial charge < -0.3 is 10.2 Å². The van der Waals surface area contributed by atoms with Crippen LogP contribution < -0.4 is 0 Å². The van der Waals surface area contributed by atoms with Crippen molar-refractivity contribution in [2.24, 2.45) is 41.5 Å². The lowest BCUT2D eigenvalue weighted by molar-refractivity contribution is -0.133. The summed E-state index contributed by atoms with van der Waals surface area (Å²) in [5.74, 6) is 2.75. The predicted molar refractivity (Wildman–Crippen MR) is 120 cm³/mol. The van der Waals surface area contributed by atoms with Crippen molar-refractivity contribution in [2.45, 2.75) is 91.3 Å². The highest BCUT2D eigenvalue weighted by Gasteiger charge is 2.61. The van der Waals surface area contributed by atoms with E-state index in [0.29, 0.717) is 17.3 Å². The van der Waals surface area contributed by atoms with Crippen molar-refractivity contribution < 1.29 is 10.2 Å². The molecule has 166 valence electrons. The Morgan fingerprint density at radius 3 is 2.43 bits per heavy atom. The Bertz CT molecular complexity index is 873. The first-order valence-electron chi connectivity index (χ1n) is 12.2. The minimum Gasteiger partial charge on any atom is -0.393 e. The average molecular weight is 413 g/mol. The van der Waals surface area contributed by atoms with Crippen molar-refractivity contribution in [3.63, 3.8) is 0 Å². The maximum absolute atomic E-state index is 11.5. The zero-order valence-corrected chi connectivity index (χ0v) is 19.5. The molecule has 0 saturated heterocycles. The van der Waals surface area contributed by atoms with E-state index in [1.165, 1.54) is 42.5 Å². The highest BCUT2D eigenvalue weighted by atomic mass is 16.3. The number of fused-ring (bicyclic) bond motifs is 5. The van der Waals surface area contributed by atoms with Crippen LogP contribution in [0.3, 0.4) is 0 Å². The number of nitrogens with zero attached hydrogens (tertiary/aromatic N) is 2. The Hall–Kier alpha value is -1.13. The van der Waals surface area contributed by atoms with Gasteiger partial charge in [0.1, 0.15) is 0 Å². The number of aliphatic hydroxyl groups is 2. The third kappa shape index (κ3) is 2.82. The van der Waals surface area contributed by atoms with Crippen LogP contribution in [0, 0.1) is 48.3 Å². The van der Waals surface area contributed by atoms with E-state index < -0.39 is 0 Å². The first kappa shape index (κ1) is 20.8. The Morgan fingerprint density at radius 1 is 1.00 bits per heavy atom. The second-order valence-corrected chi connectivity index (χ2v) is 11.7. The van der Waals surface area contributed by atoms with Crippen molar-refractivity contribution in [3.8, 4) is 0 Å². The summed E-state index contributed by atoms with van der Waals surface area (Å²) >= 11 is 0. The van der Waals surface area contributed by atoms with Crippen LogP contribution in [0.25, 0.3) is 6.08 Å². The Balaban J connectivity index is 1.46. The molecule has 1 heterocycles. The molecule has 8 atom stereocenters. The second-order valence-electron chi connectivity index (χ2n) is 11.7. The number of aliphatic hydroxyl groups excluding tert-OH is 2. The van der Waals surface area contributed by atoms with Crippen LogP contribution in [0.4, 0.5) is 0 Å². The molecule has 4 heteroatoms. The van der Waals surface area contributed by atoms with Gasteiger partial charge in [0.2, 0.25) is 0 Å². The third-order valence-electron chi connectivity index (χ3n) is 10.4. The second kappa shape index (κ2) is 6.93. The monoisotopic (exact) mass is 412 g/mol. The molecule has 4 aliphatic carbocycles. The van der Waals surface area contributed by atoms with E-state index in [9.17, 15) is 10.2 Å². The molecule has 4 nitrogen and oxygen atoms in total. The molecule has 4 saturated carbocycles. The molecule has 4 fully saturated rings. The Kier molecular flexibility index (Phi) is 4.80. The quantitative estimate of drug-likeness (QED) is 0.697. The maximum atomic E-state index is 11.5. The lowest BCUT2D eigenvalue weighted by Crippen LogP contribution is -2.54. The number of hydrogen-bond donors (Lipinski definition) is 2. The first-order chi connectivity index (χ1) is 14.1. The molecule has 1 aromatic heterocycles. The molecule has 5 rings (SSSR count). The smallest absolute Gasteiger partial charge is 0.0809 e. The number of aryl methyl sites for hydroxylation is 2. The molecule has 1 aromatic rings. The summed E-state index contributed by atoms with van der Waals surface area (Å²) < 4.78 is 1.95. The molecule has 0 aliphatic heterocycles. The van der Waals surface area contributed by atoms with E-state index in [1.807, 2.05) is 11.7 Å². The van der Waals surface area contributed by atoms with Crippen molar-refractivity contribution in [3.05, 3.63) is 22.5 Å². The van der Waals surface area contributed by atoms with E-state index >= 15 is 0 Å². The van der Waals surface area contributed by atoms with Crippen LogP contribution in [0.1, 0.15) is 82.2 Å². The zero-order valence-electron chi connectivity index (χ0n) is 19.5. The molecular weight excluding hydrogens is 372 g/mol. The summed E-state index contributed by atoms with van der Waals surface area (Å²) in [5, 5.41) is 26.3. The standard InChI is InChI=1S/C26H40N2O2/c1-15-21(16(2)28(5)27-15)12-17-13-23-20-7-6-18-14-19(29)8-10-25(18,3)22(20)9-11-26(23,4)24(17)30/h12,18-20,22-24,29-30H,6-11,13-14H2,1-5H3/b17-12-/t18-,19-,20-,22+,23+,24-,25-,26+/m0/s1. The van der Waals surface area contributed by atoms with Crippen molar-refractivity contribution >= 4 is 6.08 Å². The minimum absolute atomic E-state index is 0.00833. The molecule has 0 spiro atoms. The van der Waals surface area contributed by atoms with Gasteiger partial charge in [0.15, 0.2) is 0 Å². The van der Waals surface area contributed by atoms with Gasteiger partial charge in [-0.2, -0.15) is 5.10 Å². The fraction of sp³-hybridized carbons (Fsp3) is 0.808. The Morgan fingerprint density at radius 2 is 1.73 bits per heavy atom. The SMILES string of the molecule is Cc1nn(C)c(C)c1/C=C1/C[C@@H]2[C@H]3CC[C@H]4C[C@@H](O)CC[C@]4(C)[C@@H]3CC[C@@]2(C)[C@H]1O. The molecule has 0 amide bonds. The van der Waals surface area contributed by atoms with Gasteiger partial charge in [-0.3, -0.25) is 4.68 Å². The van der Waals surface area contributed by atoms with Gasteiger partial charge in [-0.15, -0.1) is 0 Å². The van der Waals surface area contributed by atoms with Crippen LogP contribution in [-0.4, -0.2) is 32.2 Å². The summed E-state index contributed by atoms with van der Waals surface area (Å²) in [7, 11) is 2.00. The van der Waals surface area contributed by atoms with E-state index in [2.05, 4.69) is 38.9 Å². The topological polar surface area (TPSA) is 58.3 Å². The van der Waals surface area contributed by atoms with Crippen LogP contribution in [0.2, 0.25) is 0 Å². The third-order valence-corrected chi connectivity index (χ3v) is 10.4. The number of rotatable bonds is 1. The van der Waals surface area contributed by atoms with E-state index in [-0.39, 0.29) is 17.6 Å². The van der Waals surface area contributed by atoms with Gasteiger partial charge >= 0.3 is 0 Å². The van der Waals surface area contributed by atoms with Gasteiger partial charge in [-0.1, -0.05) is 13.8 Å². The van der Waals surface area contributed by atoms with E-state index in [4.69, 9.17) is 0 Å². The predicted octanol–water partition coefficient (Wildman–Crippen LogP) is 4.79. The highest BCUT2D eigenvalue weighted by molar-refractivity contribution is 5.59. The van der Waals surface area contributed by atoms with Crippen LogP contribution in [0.15, 0.2) is 5.57 Å². The van der Waals surface area contributed by atoms with Gasteiger partial charge in [-0.25, -0.2) is 0 Å². The van der Waals surface area contributed by atoms with Gasteiger partial charge in [0.05, 0.1) is 17.9 Å². The summed E-state index contributed by atoms with van der Waals surface area (Å²) in [6, 6.07) is 0. The van der Waals surface area contributed by atoms with Gasteiger partial charge in [-0.05, 0) is 106 Å². The number of aromatic nitrogens is 2. The fourth-order valence-corrected chi connectivity index (χ4v) is 8.42. The average Bonchev–Trinajstić information content (AvgIpc) is 3.10. The molecule has 2 N–H and O–H groups in total. The molecule has 0 unspecified atom stereocenters. The molecule has 4 aliphatic rings.